The summed E-state index contributed by atoms with van der Waals surface area (Å²) in [6, 6.07) is 11.2. The fraction of sp³-hybridized carbons (Fsp3) is 0.450. The van der Waals surface area contributed by atoms with E-state index in [1.807, 2.05) is 36.8 Å². The lowest BCUT2D eigenvalue weighted by Crippen LogP contribution is -2.47. The molecule has 2 aromatic rings. The molecule has 2 aliphatic rings. The van der Waals surface area contributed by atoms with Crippen LogP contribution >= 0.6 is 0 Å². The standard InChI is InChI=1S/C20H25N4O/c25-20(21-13-17-10-5-11-24(17)16-8-4-9-16)18-14-22-23-19(18)12-15-6-2-1-3-7-15/h1-3,6-7,12,14,16-17H,4-5,8-11,13H2,(H,21,25)(H,22,23)/t17-/m0/s1. The molecule has 1 saturated carbocycles. The van der Waals surface area contributed by atoms with Crippen molar-refractivity contribution in [3.8, 4) is 0 Å². The van der Waals surface area contributed by atoms with Gasteiger partial charge in [-0.2, -0.15) is 5.10 Å². The molecular formula is C20H25N4O. The van der Waals surface area contributed by atoms with E-state index >= 15 is 0 Å². The van der Waals surface area contributed by atoms with Gasteiger partial charge in [-0.15, -0.1) is 0 Å². The third kappa shape index (κ3) is 3.61. The Labute approximate surface area is 148 Å². The highest BCUT2D eigenvalue weighted by Crippen LogP contribution is 2.31. The van der Waals surface area contributed by atoms with E-state index in [2.05, 4.69) is 20.4 Å². The van der Waals surface area contributed by atoms with Gasteiger partial charge in [-0.05, 0) is 37.8 Å². The van der Waals surface area contributed by atoms with Crippen LogP contribution in [0.25, 0.3) is 0 Å². The Hall–Kier alpha value is -2.14. The highest BCUT2D eigenvalue weighted by molar-refractivity contribution is 5.95. The van der Waals surface area contributed by atoms with Gasteiger partial charge >= 0.3 is 0 Å². The summed E-state index contributed by atoms with van der Waals surface area (Å²) in [7, 11) is 0. The first-order chi connectivity index (χ1) is 12.3. The van der Waals surface area contributed by atoms with Crippen LogP contribution in [0.4, 0.5) is 0 Å². The van der Waals surface area contributed by atoms with E-state index in [-0.39, 0.29) is 5.91 Å². The molecule has 1 aromatic heterocycles. The molecule has 25 heavy (non-hydrogen) atoms. The number of hydrogen-bond acceptors (Lipinski definition) is 3. The van der Waals surface area contributed by atoms with Crippen molar-refractivity contribution in [2.45, 2.75) is 44.2 Å². The van der Waals surface area contributed by atoms with Crippen molar-refractivity contribution in [1.82, 2.24) is 20.4 Å². The number of aromatic amines is 1. The molecule has 5 heteroatoms. The number of rotatable bonds is 6. The molecule has 1 radical (unpaired) electrons. The number of likely N-dealkylation sites (tertiary alicyclic amines) is 1. The Kier molecular flexibility index (Phi) is 4.83. The maximum atomic E-state index is 12.6. The number of carbonyl (C=O) groups excluding carboxylic acids is 1. The van der Waals surface area contributed by atoms with Crippen molar-refractivity contribution < 1.29 is 4.79 Å². The molecule has 2 fully saturated rings. The lowest BCUT2D eigenvalue weighted by Gasteiger charge is -2.38. The van der Waals surface area contributed by atoms with Crippen molar-refractivity contribution in [3.05, 3.63) is 59.8 Å². The number of amides is 1. The molecule has 5 nitrogen and oxygen atoms in total. The molecule has 2 N–H and O–H groups in total. The van der Waals surface area contributed by atoms with Gasteiger partial charge in [-0.3, -0.25) is 14.8 Å². The third-order valence-electron chi connectivity index (χ3n) is 5.48. The molecule has 1 saturated heterocycles. The SMILES string of the molecule is O=C(NC[C@@H]1CCCN1C1CCC1)c1c[nH]nc1[CH]c1ccccc1. The van der Waals surface area contributed by atoms with Gasteiger partial charge in [0.1, 0.15) is 0 Å². The van der Waals surface area contributed by atoms with Crippen molar-refractivity contribution in [2.75, 3.05) is 13.1 Å². The zero-order chi connectivity index (χ0) is 17.1. The maximum absolute atomic E-state index is 12.6. The molecule has 1 atom stereocenters. The summed E-state index contributed by atoms with van der Waals surface area (Å²) >= 11 is 0. The van der Waals surface area contributed by atoms with Gasteiger partial charge in [0.05, 0.1) is 11.3 Å². The number of hydrogen-bond donors (Lipinski definition) is 2. The summed E-state index contributed by atoms with van der Waals surface area (Å²) in [5.41, 5.74) is 2.33. The number of carbonyl (C=O) groups is 1. The summed E-state index contributed by atoms with van der Waals surface area (Å²) in [5.74, 6) is -0.0450. The zero-order valence-electron chi connectivity index (χ0n) is 14.4. The van der Waals surface area contributed by atoms with E-state index in [0.29, 0.717) is 17.3 Å². The van der Waals surface area contributed by atoms with E-state index in [1.165, 1.54) is 38.6 Å². The van der Waals surface area contributed by atoms with Crippen LogP contribution in [0.5, 0.6) is 0 Å². The van der Waals surface area contributed by atoms with Gasteiger partial charge in [-0.1, -0.05) is 36.8 Å². The van der Waals surface area contributed by atoms with E-state index in [1.54, 1.807) is 6.20 Å². The van der Waals surface area contributed by atoms with Crippen LogP contribution in [0.1, 0.15) is 53.7 Å². The summed E-state index contributed by atoms with van der Waals surface area (Å²) in [4.78, 5) is 15.2. The van der Waals surface area contributed by atoms with Crippen LogP contribution in [-0.4, -0.2) is 46.2 Å². The molecule has 0 unspecified atom stereocenters. The number of nitrogens with zero attached hydrogens (tertiary/aromatic N) is 2. The second kappa shape index (κ2) is 7.40. The van der Waals surface area contributed by atoms with E-state index in [0.717, 1.165) is 18.2 Å². The van der Waals surface area contributed by atoms with Crippen molar-refractivity contribution in [2.24, 2.45) is 0 Å². The molecular weight excluding hydrogens is 312 g/mol. The number of H-pyrrole nitrogens is 1. The molecule has 0 bridgehead atoms. The number of benzene rings is 1. The first kappa shape index (κ1) is 16.3. The summed E-state index contributed by atoms with van der Waals surface area (Å²) in [5, 5.41) is 10.2. The van der Waals surface area contributed by atoms with Crippen molar-refractivity contribution in [1.29, 1.82) is 0 Å². The molecule has 1 aliphatic carbocycles. The van der Waals surface area contributed by atoms with Gasteiger partial charge in [0, 0.05) is 31.2 Å². The lowest BCUT2D eigenvalue weighted by atomic mass is 9.91. The maximum Gasteiger partial charge on any atom is 0.254 e. The Balaban J connectivity index is 1.36. The predicted octanol–water partition coefficient (Wildman–Crippen LogP) is 2.76. The first-order valence-electron chi connectivity index (χ1n) is 9.29. The van der Waals surface area contributed by atoms with Gasteiger partial charge in [0.15, 0.2) is 0 Å². The minimum absolute atomic E-state index is 0.0450. The van der Waals surface area contributed by atoms with Crippen LogP contribution in [0, 0.1) is 6.42 Å². The molecule has 131 valence electrons. The average molecular weight is 337 g/mol. The minimum atomic E-state index is -0.0450. The average Bonchev–Trinajstić information content (AvgIpc) is 3.22. The Bertz CT molecular complexity index is 707. The molecule has 0 spiro atoms. The fourth-order valence-electron chi connectivity index (χ4n) is 3.88. The van der Waals surface area contributed by atoms with Gasteiger partial charge in [-0.25, -0.2) is 0 Å². The highest BCUT2D eigenvalue weighted by Gasteiger charge is 2.33. The molecule has 4 rings (SSSR count). The number of nitrogens with one attached hydrogen (secondary N) is 2. The van der Waals surface area contributed by atoms with Crippen LogP contribution in [0.3, 0.4) is 0 Å². The summed E-state index contributed by atoms with van der Waals surface area (Å²) < 4.78 is 0. The van der Waals surface area contributed by atoms with Crippen LogP contribution in [0.2, 0.25) is 0 Å². The van der Waals surface area contributed by atoms with Crippen LogP contribution in [-0.2, 0) is 0 Å². The van der Waals surface area contributed by atoms with Crippen LogP contribution < -0.4 is 5.32 Å². The lowest BCUT2D eigenvalue weighted by molar-refractivity contribution is 0.0892. The summed E-state index contributed by atoms with van der Waals surface area (Å²) in [6.45, 7) is 1.91. The monoisotopic (exact) mass is 337 g/mol. The van der Waals surface area contributed by atoms with Gasteiger partial charge in [0.2, 0.25) is 0 Å². The Morgan fingerprint density at radius 2 is 2.08 bits per heavy atom. The predicted molar refractivity (Wildman–Crippen MR) is 97.2 cm³/mol. The van der Waals surface area contributed by atoms with Crippen LogP contribution in [0.15, 0.2) is 36.5 Å². The topological polar surface area (TPSA) is 61.0 Å². The Morgan fingerprint density at radius 1 is 1.24 bits per heavy atom. The molecule has 1 aromatic carbocycles. The first-order valence-corrected chi connectivity index (χ1v) is 9.29. The molecule has 1 aliphatic heterocycles. The van der Waals surface area contributed by atoms with E-state index in [4.69, 9.17) is 0 Å². The van der Waals surface area contributed by atoms with Gasteiger partial charge < -0.3 is 5.32 Å². The fourth-order valence-corrected chi connectivity index (χ4v) is 3.88. The highest BCUT2D eigenvalue weighted by atomic mass is 16.1. The van der Waals surface area contributed by atoms with Crippen molar-refractivity contribution in [3.63, 3.8) is 0 Å². The molecule has 2 heterocycles. The van der Waals surface area contributed by atoms with E-state index < -0.39 is 0 Å². The molecule has 1 amide bonds. The quantitative estimate of drug-likeness (QED) is 0.852. The third-order valence-corrected chi connectivity index (χ3v) is 5.48. The second-order valence-electron chi connectivity index (χ2n) is 7.07. The normalized spacial score (nSPS) is 21.2. The summed E-state index contributed by atoms with van der Waals surface area (Å²) in [6.07, 6.45) is 10.0. The van der Waals surface area contributed by atoms with Gasteiger partial charge in [0.25, 0.3) is 5.91 Å². The largest absolute Gasteiger partial charge is 0.350 e. The van der Waals surface area contributed by atoms with E-state index in [9.17, 15) is 4.79 Å². The minimum Gasteiger partial charge on any atom is -0.350 e. The van der Waals surface area contributed by atoms with Crippen molar-refractivity contribution >= 4 is 5.91 Å². The smallest absolute Gasteiger partial charge is 0.254 e. The second-order valence-corrected chi connectivity index (χ2v) is 7.07. The number of aromatic nitrogens is 2. The Morgan fingerprint density at radius 3 is 2.84 bits per heavy atom. The zero-order valence-corrected chi connectivity index (χ0v) is 14.4.